The van der Waals surface area contributed by atoms with Gasteiger partial charge in [-0.3, -0.25) is 0 Å². The Bertz CT molecular complexity index is 533. The molecule has 2 aromatic rings. The van der Waals surface area contributed by atoms with E-state index in [0.29, 0.717) is 12.0 Å². The maximum atomic E-state index is 5.78. The lowest BCUT2D eigenvalue weighted by Crippen LogP contribution is -2.31. The molecule has 0 spiro atoms. The SMILES string of the molecule is CCN(c1nc(N)nc2sc(C)cc12)C(C)C. The number of nitrogen functional groups attached to an aromatic ring is 1. The molecule has 0 atom stereocenters. The molecule has 0 saturated carbocycles. The van der Waals surface area contributed by atoms with Crippen LogP contribution in [0.15, 0.2) is 6.07 Å². The molecule has 0 radical (unpaired) electrons. The molecule has 2 rings (SSSR count). The lowest BCUT2D eigenvalue weighted by molar-refractivity contribution is 0.696. The van der Waals surface area contributed by atoms with Gasteiger partial charge in [0.05, 0.1) is 5.39 Å². The minimum Gasteiger partial charge on any atom is -0.368 e. The van der Waals surface area contributed by atoms with Crippen molar-refractivity contribution in [3.8, 4) is 0 Å². The van der Waals surface area contributed by atoms with Crippen molar-refractivity contribution < 1.29 is 0 Å². The zero-order chi connectivity index (χ0) is 12.6. The van der Waals surface area contributed by atoms with Crippen LogP contribution in [0.4, 0.5) is 11.8 Å². The van der Waals surface area contributed by atoms with E-state index in [-0.39, 0.29) is 0 Å². The molecule has 4 nitrogen and oxygen atoms in total. The Kier molecular flexibility index (Phi) is 3.19. The first kappa shape index (κ1) is 12.1. The average Bonchev–Trinajstić information content (AvgIpc) is 2.58. The third-order valence-corrected chi connectivity index (χ3v) is 3.69. The van der Waals surface area contributed by atoms with Crippen LogP contribution >= 0.6 is 11.3 Å². The van der Waals surface area contributed by atoms with E-state index in [1.807, 2.05) is 0 Å². The van der Waals surface area contributed by atoms with Gasteiger partial charge in [-0.25, -0.2) is 4.98 Å². The third-order valence-electron chi connectivity index (χ3n) is 2.75. The third kappa shape index (κ3) is 2.20. The smallest absolute Gasteiger partial charge is 0.223 e. The van der Waals surface area contributed by atoms with Crippen molar-refractivity contribution in [1.82, 2.24) is 9.97 Å². The molecule has 17 heavy (non-hydrogen) atoms. The number of anilines is 2. The minimum atomic E-state index is 0.355. The van der Waals surface area contributed by atoms with Crippen LogP contribution in [0.3, 0.4) is 0 Å². The molecule has 0 aliphatic carbocycles. The molecule has 2 heterocycles. The van der Waals surface area contributed by atoms with Gasteiger partial charge >= 0.3 is 0 Å². The first-order valence-corrected chi connectivity index (χ1v) is 6.65. The van der Waals surface area contributed by atoms with Crippen LogP contribution in [-0.4, -0.2) is 22.6 Å². The minimum absolute atomic E-state index is 0.355. The highest BCUT2D eigenvalue weighted by atomic mass is 32.1. The Morgan fingerprint density at radius 3 is 2.71 bits per heavy atom. The normalized spacial score (nSPS) is 11.4. The van der Waals surface area contributed by atoms with Crippen molar-refractivity contribution in [1.29, 1.82) is 0 Å². The predicted molar refractivity (Wildman–Crippen MR) is 74.7 cm³/mol. The summed E-state index contributed by atoms with van der Waals surface area (Å²) in [5, 5.41) is 1.11. The maximum absolute atomic E-state index is 5.78. The van der Waals surface area contributed by atoms with Crippen molar-refractivity contribution in [2.75, 3.05) is 17.2 Å². The molecule has 0 fully saturated rings. The number of hydrogen-bond acceptors (Lipinski definition) is 5. The van der Waals surface area contributed by atoms with Gasteiger partial charge in [0.1, 0.15) is 10.6 Å². The van der Waals surface area contributed by atoms with Gasteiger partial charge < -0.3 is 10.6 Å². The molecule has 2 aromatic heterocycles. The summed E-state index contributed by atoms with van der Waals surface area (Å²) in [6, 6.07) is 2.54. The fraction of sp³-hybridized carbons (Fsp3) is 0.500. The Morgan fingerprint density at radius 2 is 2.12 bits per heavy atom. The number of nitrogens with two attached hydrogens (primary N) is 1. The average molecular weight is 250 g/mol. The van der Waals surface area contributed by atoms with E-state index in [1.54, 1.807) is 11.3 Å². The van der Waals surface area contributed by atoms with E-state index < -0.39 is 0 Å². The summed E-state index contributed by atoms with van der Waals surface area (Å²) in [7, 11) is 0. The topological polar surface area (TPSA) is 55.0 Å². The predicted octanol–water partition coefficient (Wildman–Crippen LogP) is 2.82. The molecule has 0 aliphatic rings. The van der Waals surface area contributed by atoms with E-state index in [4.69, 9.17) is 5.73 Å². The Labute approximate surface area is 105 Å². The van der Waals surface area contributed by atoms with Crippen LogP contribution in [-0.2, 0) is 0 Å². The molecule has 0 bridgehead atoms. The summed E-state index contributed by atoms with van der Waals surface area (Å²) < 4.78 is 0. The van der Waals surface area contributed by atoms with Crippen LogP contribution in [0.1, 0.15) is 25.6 Å². The lowest BCUT2D eigenvalue weighted by Gasteiger charge is -2.26. The van der Waals surface area contributed by atoms with E-state index in [9.17, 15) is 0 Å². The fourth-order valence-electron chi connectivity index (χ4n) is 2.02. The van der Waals surface area contributed by atoms with Crippen LogP contribution in [0.25, 0.3) is 10.2 Å². The molecule has 0 aliphatic heterocycles. The molecule has 0 aromatic carbocycles. The molecular formula is C12H18N4S. The number of aryl methyl sites for hydroxylation is 1. The van der Waals surface area contributed by atoms with Gasteiger partial charge in [-0.2, -0.15) is 4.98 Å². The number of nitrogens with zero attached hydrogens (tertiary/aromatic N) is 3. The molecule has 2 N–H and O–H groups in total. The molecule has 0 amide bonds. The van der Waals surface area contributed by atoms with Crippen molar-refractivity contribution in [3.63, 3.8) is 0 Å². The van der Waals surface area contributed by atoms with E-state index in [0.717, 1.165) is 22.6 Å². The number of fused-ring (bicyclic) bond motifs is 1. The fourth-order valence-corrected chi connectivity index (χ4v) is 2.90. The summed E-state index contributed by atoms with van der Waals surface area (Å²) in [6.45, 7) is 9.44. The van der Waals surface area contributed by atoms with Gasteiger partial charge in [0.25, 0.3) is 0 Å². The standard InChI is InChI=1S/C12H18N4S/c1-5-16(7(2)3)10-9-6-8(4)17-11(9)15-12(13)14-10/h6-7H,5H2,1-4H3,(H2,13,14,15). The van der Waals surface area contributed by atoms with Crippen LogP contribution in [0.5, 0.6) is 0 Å². The van der Waals surface area contributed by atoms with Crippen molar-refractivity contribution in [3.05, 3.63) is 10.9 Å². The molecule has 5 heteroatoms. The van der Waals surface area contributed by atoms with Crippen LogP contribution in [0.2, 0.25) is 0 Å². The second kappa shape index (κ2) is 4.49. The van der Waals surface area contributed by atoms with Gasteiger partial charge in [0.2, 0.25) is 5.95 Å². The maximum Gasteiger partial charge on any atom is 0.223 e. The second-order valence-corrected chi connectivity index (χ2v) is 5.60. The van der Waals surface area contributed by atoms with Gasteiger partial charge in [-0.1, -0.05) is 0 Å². The van der Waals surface area contributed by atoms with E-state index in [2.05, 4.69) is 48.6 Å². The van der Waals surface area contributed by atoms with Crippen molar-refractivity contribution in [2.24, 2.45) is 0 Å². The first-order chi connectivity index (χ1) is 8.02. The molecule has 92 valence electrons. The quantitative estimate of drug-likeness (QED) is 0.910. The number of aromatic nitrogens is 2. The highest BCUT2D eigenvalue weighted by Crippen LogP contribution is 2.31. The first-order valence-electron chi connectivity index (χ1n) is 5.83. The number of hydrogen-bond donors (Lipinski definition) is 1. The van der Waals surface area contributed by atoms with Gasteiger partial charge in [0, 0.05) is 17.5 Å². The van der Waals surface area contributed by atoms with Crippen LogP contribution in [0, 0.1) is 6.92 Å². The Balaban J connectivity index is 2.65. The van der Waals surface area contributed by atoms with Crippen LogP contribution < -0.4 is 10.6 Å². The molecular weight excluding hydrogens is 232 g/mol. The monoisotopic (exact) mass is 250 g/mol. The second-order valence-electron chi connectivity index (χ2n) is 4.36. The highest BCUT2D eigenvalue weighted by Gasteiger charge is 2.16. The summed E-state index contributed by atoms with van der Waals surface area (Å²) in [5.74, 6) is 1.31. The highest BCUT2D eigenvalue weighted by molar-refractivity contribution is 7.18. The largest absolute Gasteiger partial charge is 0.368 e. The molecule has 0 unspecified atom stereocenters. The lowest BCUT2D eigenvalue weighted by atomic mass is 10.2. The van der Waals surface area contributed by atoms with Gasteiger partial charge in [-0.15, -0.1) is 11.3 Å². The van der Waals surface area contributed by atoms with Crippen molar-refractivity contribution in [2.45, 2.75) is 33.7 Å². The van der Waals surface area contributed by atoms with Crippen molar-refractivity contribution >= 4 is 33.3 Å². The summed E-state index contributed by atoms with van der Waals surface area (Å²) in [6.07, 6.45) is 0. The summed E-state index contributed by atoms with van der Waals surface area (Å²) in [4.78, 5) is 13.2. The zero-order valence-electron chi connectivity index (χ0n) is 10.7. The van der Waals surface area contributed by atoms with Gasteiger partial charge in [-0.05, 0) is 33.8 Å². The zero-order valence-corrected chi connectivity index (χ0v) is 11.5. The number of thiophene rings is 1. The molecule has 0 saturated heterocycles. The number of rotatable bonds is 3. The van der Waals surface area contributed by atoms with E-state index in [1.165, 1.54) is 4.88 Å². The summed E-state index contributed by atoms with van der Waals surface area (Å²) >= 11 is 1.66. The summed E-state index contributed by atoms with van der Waals surface area (Å²) in [5.41, 5.74) is 5.78. The van der Waals surface area contributed by atoms with Gasteiger partial charge in [0.15, 0.2) is 0 Å². The Morgan fingerprint density at radius 1 is 1.41 bits per heavy atom. The van der Waals surface area contributed by atoms with E-state index >= 15 is 0 Å². The Hall–Kier alpha value is -1.36.